The molecule has 0 aliphatic carbocycles. The lowest BCUT2D eigenvalue weighted by Crippen LogP contribution is -2.40. The van der Waals surface area contributed by atoms with E-state index in [1.807, 2.05) is 26.8 Å². The summed E-state index contributed by atoms with van der Waals surface area (Å²) in [6.45, 7) is 14.4. The van der Waals surface area contributed by atoms with Crippen molar-refractivity contribution in [3.05, 3.63) is 36.5 Å². The second-order valence-corrected chi connectivity index (χ2v) is 5.11. The van der Waals surface area contributed by atoms with E-state index >= 15 is 0 Å². The standard InChI is InChI=1S/C14H21NO2/c1-6-11-8-9-15(10-12(11)7-2)13(16)17-14(3,4)5/h6-7H,1-2,8-10H2,3-5H3. The molecule has 0 spiro atoms. The Bertz CT molecular complexity index is 361. The zero-order chi connectivity index (χ0) is 13.1. The molecule has 17 heavy (non-hydrogen) atoms. The molecule has 0 aromatic carbocycles. The molecule has 0 atom stereocenters. The molecule has 1 heterocycles. The van der Waals surface area contributed by atoms with Crippen LogP contribution in [0.2, 0.25) is 0 Å². The van der Waals surface area contributed by atoms with Gasteiger partial charge in [0, 0.05) is 13.1 Å². The van der Waals surface area contributed by atoms with Crippen molar-refractivity contribution >= 4 is 6.09 Å². The van der Waals surface area contributed by atoms with Gasteiger partial charge in [0.15, 0.2) is 0 Å². The Morgan fingerprint density at radius 1 is 1.29 bits per heavy atom. The second kappa shape index (κ2) is 5.21. The monoisotopic (exact) mass is 235 g/mol. The average molecular weight is 235 g/mol. The van der Waals surface area contributed by atoms with Crippen molar-refractivity contribution in [2.45, 2.75) is 32.8 Å². The second-order valence-electron chi connectivity index (χ2n) is 5.11. The van der Waals surface area contributed by atoms with Crippen molar-refractivity contribution in [3.63, 3.8) is 0 Å². The normalized spacial score (nSPS) is 16.8. The van der Waals surface area contributed by atoms with Gasteiger partial charge in [0.2, 0.25) is 0 Å². The van der Waals surface area contributed by atoms with Crippen LogP contribution in [0, 0.1) is 0 Å². The zero-order valence-electron chi connectivity index (χ0n) is 11.0. The molecule has 0 unspecified atom stereocenters. The van der Waals surface area contributed by atoms with Gasteiger partial charge in [-0.25, -0.2) is 4.79 Å². The minimum Gasteiger partial charge on any atom is -0.444 e. The fourth-order valence-electron chi connectivity index (χ4n) is 1.71. The van der Waals surface area contributed by atoms with E-state index < -0.39 is 5.60 Å². The van der Waals surface area contributed by atoms with Gasteiger partial charge < -0.3 is 9.64 Å². The van der Waals surface area contributed by atoms with Crippen LogP contribution >= 0.6 is 0 Å². The van der Waals surface area contributed by atoms with E-state index in [0.29, 0.717) is 13.1 Å². The molecule has 0 saturated carbocycles. The average Bonchev–Trinajstić information content (AvgIpc) is 2.25. The van der Waals surface area contributed by atoms with E-state index in [9.17, 15) is 4.79 Å². The van der Waals surface area contributed by atoms with E-state index in [-0.39, 0.29) is 6.09 Å². The fraction of sp³-hybridized carbons (Fsp3) is 0.500. The third kappa shape index (κ3) is 3.77. The van der Waals surface area contributed by atoms with E-state index in [2.05, 4.69) is 13.2 Å². The predicted octanol–water partition coefficient (Wildman–Crippen LogP) is 3.30. The molecular weight excluding hydrogens is 214 g/mol. The molecule has 0 saturated heterocycles. The number of carbonyl (C=O) groups is 1. The third-order valence-corrected chi connectivity index (χ3v) is 2.57. The van der Waals surface area contributed by atoms with Crippen LogP contribution in [0.4, 0.5) is 4.79 Å². The lowest BCUT2D eigenvalue weighted by atomic mass is 10.0. The summed E-state index contributed by atoms with van der Waals surface area (Å²) in [5.41, 5.74) is 1.77. The topological polar surface area (TPSA) is 29.5 Å². The van der Waals surface area contributed by atoms with Gasteiger partial charge in [-0.3, -0.25) is 0 Å². The van der Waals surface area contributed by atoms with Crippen molar-refractivity contribution in [2.75, 3.05) is 13.1 Å². The minimum atomic E-state index is -0.451. The Morgan fingerprint density at radius 2 is 1.88 bits per heavy atom. The molecule has 1 aliphatic rings. The maximum Gasteiger partial charge on any atom is 0.410 e. The van der Waals surface area contributed by atoms with Gasteiger partial charge in [0.25, 0.3) is 0 Å². The highest BCUT2D eigenvalue weighted by Gasteiger charge is 2.25. The van der Waals surface area contributed by atoms with Crippen molar-refractivity contribution in [1.29, 1.82) is 0 Å². The van der Waals surface area contributed by atoms with Crippen LogP contribution in [0.15, 0.2) is 36.5 Å². The largest absolute Gasteiger partial charge is 0.444 e. The molecule has 0 N–H and O–H groups in total. The highest BCUT2D eigenvalue weighted by molar-refractivity contribution is 5.69. The number of rotatable bonds is 2. The van der Waals surface area contributed by atoms with Crippen LogP contribution in [0.1, 0.15) is 27.2 Å². The summed E-state index contributed by atoms with van der Waals surface area (Å²) in [6.07, 6.45) is 4.17. The van der Waals surface area contributed by atoms with Gasteiger partial charge in [0.1, 0.15) is 5.60 Å². The third-order valence-electron chi connectivity index (χ3n) is 2.57. The Labute approximate surface area is 103 Å². The summed E-state index contributed by atoms with van der Waals surface area (Å²) in [7, 11) is 0. The maximum atomic E-state index is 11.9. The molecule has 0 bridgehead atoms. The van der Waals surface area contributed by atoms with Crippen LogP contribution in [0.5, 0.6) is 0 Å². The van der Waals surface area contributed by atoms with Gasteiger partial charge in [-0.1, -0.05) is 25.3 Å². The van der Waals surface area contributed by atoms with Crippen molar-refractivity contribution in [2.24, 2.45) is 0 Å². The van der Waals surface area contributed by atoms with Crippen LogP contribution in [-0.4, -0.2) is 29.7 Å². The number of ether oxygens (including phenoxy) is 1. The van der Waals surface area contributed by atoms with Gasteiger partial charge in [-0.15, -0.1) is 0 Å². The zero-order valence-corrected chi connectivity index (χ0v) is 11.0. The molecule has 3 nitrogen and oxygen atoms in total. The fourth-order valence-corrected chi connectivity index (χ4v) is 1.71. The molecular formula is C14H21NO2. The summed E-state index contributed by atoms with van der Waals surface area (Å²) < 4.78 is 5.34. The highest BCUT2D eigenvalue weighted by atomic mass is 16.6. The molecule has 0 aromatic heterocycles. The minimum absolute atomic E-state index is 0.264. The van der Waals surface area contributed by atoms with Gasteiger partial charge in [-0.05, 0) is 38.3 Å². The number of nitrogens with zero attached hydrogens (tertiary/aromatic N) is 1. The molecule has 1 amide bonds. The highest BCUT2D eigenvalue weighted by Crippen LogP contribution is 2.21. The van der Waals surface area contributed by atoms with Gasteiger partial charge >= 0.3 is 6.09 Å². The number of allylic oxidation sites excluding steroid dienone is 1. The lowest BCUT2D eigenvalue weighted by molar-refractivity contribution is 0.0262. The van der Waals surface area contributed by atoms with Crippen LogP contribution in [0.3, 0.4) is 0 Å². The molecule has 3 heteroatoms. The van der Waals surface area contributed by atoms with E-state index in [1.165, 1.54) is 5.57 Å². The van der Waals surface area contributed by atoms with Crippen molar-refractivity contribution in [3.8, 4) is 0 Å². The number of carbonyl (C=O) groups excluding carboxylic acids is 1. The molecule has 0 aromatic rings. The van der Waals surface area contributed by atoms with Crippen LogP contribution in [0.25, 0.3) is 0 Å². The Balaban J connectivity index is 2.72. The smallest absolute Gasteiger partial charge is 0.410 e. The number of hydrogen-bond donors (Lipinski definition) is 0. The van der Waals surface area contributed by atoms with E-state index in [0.717, 1.165) is 12.0 Å². The molecule has 1 rings (SSSR count). The summed E-state index contributed by atoms with van der Waals surface area (Å²) in [6, 6.07) is 0. The maximum absolute atomic E-state index is 11.9. The van der Waals surface area contributed by atoms with E-state index in [4.69, 9.17) is 4.74 Å². The Kier molecular flexibility index (Phi) is 4.16. The summed E-state index contributed by atoms with van der Waals surface area (Å²) in [5, 5.41) is 0. The van der Waals surface area contributed by atoms with E-state index in [1.54, 1.807) is 11.0 Å². The first kappa shape index (κ1) is 13.6. The Morgan fingerprint density at radius 3 is 2.35 bits per heavy atom. The summed E-state index contributed by atoms with van der Waals surface area (Å²) in [5.74, 6) is 0. The van der Waals surface area contributed by atoms with Crippen LogP contribution < -0.4 is 0 Å². The first-order valence-corrected chi connectivity index (χ1v) is 5.82. The lowest BCUT2D eigenvalue weighted by Gasteiger charge is -2.31. The number of hydrogen-bond acceptors (Lipinski definition) is 2. The van der Waals surface area contributed by atoms with Crippen molar-refractivity contribution < 1.29 is 9.53 Å². The van der Waals surface area contributed by atoms with Gasteiger partial charge in [-0.2, -0.15) is 0 Å². The molecule has 94 valence electrons. The summed E-state index contributed by atoms with van der Waals surface area (Å²) in [4.78, 5) is 13.6. The predicted molar refractivity (Wildman–Crippen MR) is 69.8 cm³/mol. The molecule has 0 radical (unpaired) electrons. The SMILES string of the molecule is C=CC1=C(C=C)CN(C(=O)OC(C)(C)C)CC1. The quantitative estimate of drug-likeness (QED) is 0.735. The van der Waals surface area contributed by atoms with Gasteiger partial charge in [0.05, 0.1) is 0 Å². The first-order chi connectivity index (χ1) is 7.87. The van der Waals surface area contributed by atoms with Crippen molar-refractivity contribution in [1.82, 2.24) is 4.90 Å². The Hall–Kier alpha value is -1.51. The molecule has 0 fully saturated rings. The molecule has 1 aliphatic heterocycles. The van der Waals surface area contributed by atoms with Crippen LogP contribution in [-0.2, 0) is 4.74 Å². The number of amides is 1. The summed E-state index contributed by atoms with van der Waals surface area (Å²) >= 11 is 0. The first-order valence-electron chi connectivity index (χ1n) is 5.82.